The molecule has 1 saturated carbocycles. The second-order valence-electron chi connectivity index (χ2n) is 4.90. The molecule has 0 heterocycles. The highest BCUT2D eigenvalue weighted by Crippen LogP contribution is 2.38. The number of nitrogens with one attached hydrogen (secondary N) is 1. The molecule has 0 aromatic heterocycles. The smallest absolute Gasteiger partial charge is 0.391 e. The van der Waals surface area contributed by atoms with Crippen molar-refractivity contribution in [3.8, 4) is 5.75 Å². The van der Waals surface area contributed by atoms with Crippen LogP contribution in [0.25, 0.3) is 0 Å². The van der Waals surface area contributed by atoms with Gasteiger partial charge < -0.3 is 10.4 Å². The lowest BCUT2D eigenvalue weighted by Crippen LogP contribution is -2.32. The van der Waals surface area contributed by atoms with Gasteiger partial charge in [0.05, 0.1) is 10.9 Å². The molecule has 2 N–H and O–H groups in total. The lowest BCUT2D eigenvalue weighted by Gasteiger charge is -2.30. The summed E-state index contributed by atoms with van der Waals surface area (Å²) in [6.45, 7) is 0. The molecule has 6 heteroatoms. The zero-order valence-corrected chi connectivity index (χ0v) is 10.9. The number of aromatic hydroxyl groups is 1. The van der Waals surface area contributed by atoms with E-state index in [1.807, 2.05) is 0 Å². The van der Waals surface area contributed by atoms with Crippen LogP contribution in [0.5, 0.6) is 5.75 Å². The van der Waals surface area contributed by atoms with Gasteiger partial charge in [-0.3, -0.25) is 0 Å². The van der Waals surface area contributed by atoms with E-state index in [4.69, 9.17) is 11.6 Å². The minimum Gasteiger partial charge on any atom is -0.506 e. The van der Waals surface area contributed by atoms with E-state index in [1.165, 1.54) is 6.07 Å². The number of hydrogen-bond donors (Lipinski definition) is 2. The first-order valence-corrected chi connectivity index (χ1v) is 6.56. The van der Waals surface area contributed by atoms with E-state index in [0.29, 0.717) is 12.8 Å². The molecule has 2 rings (SSSR count). The maximum Gasteiger partial charge on any atom is 0.391 e. The predicted molar refractivity (Wildman–Crippen MR) is 68.5 cm³/mol. The van der Waals surface area contributed by atoms with Crippen LogP contribution in [0.3, 0.4) is 0 Å². The lowest BCUT2D eigenvalue weighted by atomic mass is 9.85. The minimum absolute atomic E-state index is 0.00648. The standard InChI is InChI=1S/C13H15ClF3NO/c14-11-7-10(5-6-12(11)19)18-9-3-1-8(2-4-9)13(15,16)17/h5-9,18-19H,1-4H2. The summed E-state index contributed by atoms with van der Waals surface area (Å²) in [5.74, 6) is -1.18. The maximum atomic E-state index is 12.5. The zero-order valence-electron chi connectivity index (χ0n) is 10.2. The van der Waals surface area contributed by atoms with Gasteiger partial charge >= 0.3 is 6.18 Å². The van der Waals surface area contributed by atoms with Crippen molar-refractivity contribution in [1.29, 1.82) is 0 Å². The monoisotopic (exact) mass is 293 g/mol. The SMILES string of the molecule is Oc1ccc(NC2CCC(C(F)(F)F)CC2)cc1Cl. The topological polar surface area (TPSA) is 32.3 Å². The van der Waals surface area contributed by atoms with Gasteiger partial charge in [-0.1, -0.05) is 11.6 Å². The quantitative estimate of drug-likeness (QED) is 0.782. The van der Waals surface area contributed by atoms with E-state index in [2.05, 4.69) is 5.32 Å². The van der Waals surface area contributed by atoms with Gasteiger partial charge in [-0.25, -0.2) is 0 Å². The first kappa shape index (κ1) is 14.3. The van der Waals surface area contributed by atoms with Gasteiger partial charge in [-0.05, 0) is 43.9 Å². The molecular formula is C13H15ClF3NO. The molecule has 0 unspecified atom stereocenters. The Morgan fingerprint density at radius 2 is 1.79 bits per heavy atom. The van der Waals surface area contributed by atoms with Crippen molar-refractivity contribution < 1.29 is 18.3 Å². The minimum atomic E-state index is -4.08. The van der Waals surface area contributed by atoms with Gasteiger partial charge in [0.1, 0.15) is 5.75 Å². The molecule has 1 aliphatic carbocycles. The van der Waals surface area contributed by atoms with E-state index in [1.54, 1.807) is 12.1 Å². The van der Waals surface area contributed by atoms with E-state index in [-0.39, 0.29) is 29.7 Å². The van der Waals surface area contributed by atoms with Crippen LogP contribution in [0.15, 0.2) is 18.2 Å². The molecule has 0 bridgehead atoms. The van der Waals surface area contributed by atoms with Crippen molar-refractivity contribution >= 4 is 17.3 Å². The normalized spacial score (nSPS) is 24.2. The summed E-state index contributed by atoms with van der Waals surface area (Å²) in [6.07, 6.45) is -2.78. The third-order valence-corrected chi connectivity index (χ3v) is 3.81. The highest BCUT2D eigenvalue weighted by molar-refractivity contribution is 6.32. The van der Waals surface area contributed by atoms with Gasteiger partial charge in [0.25, 0.3) is 0 Å². The van der Waals surface area contributed by atoms with Crippen LogP contribution in [0.4, 0.5) is 18.9 Å². The Labute approximate surface area is 114 Å². The van der Waals surface area contributed by atoms with Gasteiger partial charge in [-0.15, -0.1) is 0 Å². The van der Waals surface area contributed by atoms with Gasteiger partial charge in [0.2, 0.25) is 0 Å². The molecule has 1 fully saturated rings. The highest BCUT2D eigenvalue weighted by Gasteiger charge is 2.41. The van der Waals surface area contributed by atoms with Gasteiger partial charge in [-0.2, -0.15) is 13.2 Å². The Morgan fingerprint density at radius 3 is 2.32 bits per heavy atom. The third kappa shape index (κ3) is 3.69. The molecule has 1 aromatic rings. The van der Waals surface area contributed by atoms with Gasteiger partial charge in [0, 0.05) is 11.7 Å². The average molecular weight is 294 g/mol. The number of phenolic OH excluding ortho intramolecular Hbond substituents is 1. The van der Waals surface area contributed by atoms with Crippen molar-refractivity contribution in [3.05, 3.63) is 23.2 Å². The number of hydrogen-bond acceptors (Lipinski definition) is 2. The van der Waals surface area contributed by atoms with E-state index >= 15 is 0 Å². The Bertz CT molecular complexity index is 442. The first-order chi connectivity index (χ1) is 8.86. The fourth-order valence-corrected chi connectivity index (χ4v) is 2.58. The molecule has 106 valence electrons. The maximum absolute atomic E-state index is 12.5. The van der Waals surface area contributed by atoms with Crippen LogP contribution in [0.2, 0.25) is 5.02 Å². The molecule has 1 aromatic carbocycles. The molecule has 19 heavy (non-hydrogen) atoms. The predicted octanol–water partition coefficient (Wildman–Crippen LogP) is 4.58. The number of anilines is 1. The first-order valence-electron chi connectivity index (χ1n) is 6.18. The Kier molecular flexibility index (Phi) is 4.13. The summed E-state index contributed by atoms with van der Waals surface area (Å²) in [6, 6.07) is 4.73. The summed E-state index contributed by atoms with van der Waals surface area (Å²) in [5, 5.41) is 12.7. The number of halogens is 4. The van der Waals surface area contributed by atoms with Crippen LogP contribution in [-0.2, 0) is 0 Å². The summed E-state index contributed by atoms with van der Waals surface area (Å²) in [7, 11) is 0. The van der Waals surface area contributed by atoms with Crippen molar-refractivity contribution in [2.45, 2.75) is 37.9 Å². The molecule has 0 saturated heterocycles. The summed E-state index contributed by atoms with van der Waals surface area (Å²) in [4.78, 5) is 0. The van der Waals surface area contributed by atoms with Crippen LogP contribution in [0.1, 0.15) is 25.7 Å². The average Bonchev–Trinajstić information content (AvgIpc) is 2.33. The molecule has 2 nitrogen and oxygen atoms in total. The molecule has 1 aliphatic rings. The van der Waals surface area contributed by atoms with Crippen molar-refractivity contribution in [3.63, 3.8) is 0 Å². The molecular weight excluding hydrogens is 279 g/mol. The van der Waals surface area contributed by atoms with Crippen LogP contribution < -0.4 is 5.32 Å². The van der Waals surface area contributed by atoms with E-state index in [0.717, 1.165) is 5.69 Å². The molecule has 0 amide bonds. The molecule has 0 aliphatic heterocycles. The number of phenols is 1. The number of rotatable bonds is 2. The van der Waals surface area contributed by atoms with Crippen LogP contribution >= 0.6 is 11.6 Å². The zero-order chi connectivity index (χ0) is 14.0. The Morgan fingerprint density at radius 1 is 1.16 bits per heavy atom. The molecule has 0 spiro atoms. The van der Waals surface area contributed by atoms with Crippen molar-refractivity contribution in [2.75, 3.05) is 5.32 Å². The highest BCUT2D eigenvalue weighted by atomic mass is 35.5. The van der Waals surface area contributed by atoms with Crippen LogP contribution in [0, 0.1) is 5.92 Å². The van der Waals surface area contributed by atoms with Crippen molar-refractivity contribution in [2.24, 2.45) is 5.92 Å². The second kappa shape index (κ2) is 5.49. The Hall–Kier alpha value is -1.10. The fourth-order valence-electron chi connectivity index (χ4n) is 2.40. The molecule has 0 atom stereocenters. The van der Waals surface area contributed by atoms with Crippen LogP contribution in [-0.4, -0.2) is 17.3 Å². The fraction of sp³-hybridized carbons (Fsp3) is 0.538. The summed E-state index contributed by atoms with van der Waals surface area (Å²) >= 11 is 5.78. The Balaban J connectivity index is 1.90. The van der Waals surface area contributed by atoms with E-state index < -0.39 is 12.1 Å². The largest absolute Gasteiger partial charge is 0.506 e. The second-order valence-corrected chi connectivity index (χ2v) is 5.31. The van der Waals surface area contributed by atoms with Gasteiger partial charge in [0.15, 0.2) is 0 Å². The van der Waals surface area contributed by atoms with Crippen molar-refractivity contribution in [1.82, 2.24) is 0 Å². The number of alkyl halides is 3. The summed E-state index contributed by atoms with van der Waals surface area (Å²) in [5.41, 5.74) is 0.721. The number of benzene rings is 1. The lowest BCUT2D eigenvalue weighted by molar-refractivity contribution is -0.182. The third-order valence-electron chi connectivity index (χ3n) is 3.51. The van der Waals surface area contributed by atoms with E-state index in [9.17, 15) is 18.3 Å². The summed E-state index contributed by atoms with van der Waals surface area (Å²) < 4.78 is 37.6. The molecule has 0 radical (unpaired) electrons.